The molecule has 0 saturated heterocycles. The van der Waals surface area contributed by atoms with Crippen molar-refractivity contribution in [1.82, 2.24) is 9.97 Å². The molecule has 0 aromatic carbocycles. The zero-order valence-electron chi connectivity index (χ0n) is 10.6. The number of ether oxygens (including phenoxy) is 2. The van der Waals surface area contributed by atoms with Gasteiger partial charge in [0.2, 0.25) is 5.88 Å². The monoisotopic (exact) mass is 259 g/mol. The topological polar surface area (TPSA) is 73.3 Å². The minimum absolute atomic E-state index is 0.362. The fraction of sp³-hybridized carbons (Fsp3) is 0.154. The van der Waals surface area contributed by atoms with E-state index < -0.39 is 5.97 Å². The lowest BCUT2D eigenvalue weighted by Gasteiger charge is -2.09. The second-order valence-electron chi connectivity index (χ2n) is 3.61. The summed E-state index contributed by atoms with van der Waals surface area (Å²) in [5.41, 5.74) is 1.06. The number of hydrogen-bond donors (Lipinski definition) is 1. The third-order valence-corrected chi connectivity index (χ3v) is 2.42. The largest absolute Gasteiger partial charge is 0.481 e. The van der Waals surface area contributed by atoms with Gasteiger partial charge in [0.15, 0.2) is 0 Å². The Balaban J connectivity index is 2.25. The van der Waals surface area contributed by atoms with Crippen molar-refractivity contribution < 1.29 is 14.3 Å². The van der Waals surface area contributed by atoms with E-state index in [0.717, 1.165) is 0 Å². The van der Waals surface area contributed by atoms with E-state index in [9.17, 15) is 4.79 Å². The molecular weight excluding hydrogens is 246 g/mol. The van der Waals surface area contributed by atoms with E-state index in [-0.39, 0.29) is 0 Å². The number of esters is 1. The summed E-state index contributed by atoms with van der Waals surface area (Å²) in [6, 6.07) is 6.80. The Hall–Kier alpha value is -2.63. The van der Waals surface area contributed by atoms with Crippen LogP contribution in [0.1, 0.15) is 10.4 Å². The van der Waals surface area contributed by atoms with E-state index in [2.05, 4.69) is 15.3 Å². The highest BCUT2D eigenvalue weighted by molar-refractivity contribution is 5.95. The van der Waals surface area contributed by atoms with Crippen LogP contribution in [0, 0.1) is 0 Å². The Kier molecular flexibility index (Phi) is 3.92. The maximum atomic E-state index is 11.6. The van der Waals surface area contributed by atoms with Crippen molar-refractivity contribution in [2.45, 2.75) is 0 Å². The van der Waals surface area contributed by atoms with Crippen LogP contribution in [0.5, 0.6) is 5.88 Å². The van der Waals surface area contributed by atoms with Gasteiger partial charge >= 0.3 is 5.97 Å². The number of pyridine rings is 2. The van der Waals surface area contributed by atoms with E-state index in [1.165, 1.54) is 7.11 Å². The molecule has 2 aromatic rings. The summed E-state index contributed by atoms with van der Waals surface area (Å²) in [5.74, 6) is 0.484. The number of methoxy groups -OCH3 is 2. The van der Waals surface area contributed by atoms with E-state index >= 15 is 0 Å². The molecule has 6 heteroatoms. The van der Waals surface area contributed by atoms with Gasteiger partial charge in [-0.05, 0) is 18.2 Å². The minimum atomic E-state index is -0.447. The molecule has 6 nitrogen and oxygen atoms in total. The Morgan fingerprint density at radius 1 is 1.21 bits per heavy atom. The minimum Gasteiger partial charge on any atom is -0.481 e. The Morgan fingerprint density at radius 3 is 2.68 bits per heavy atom. The highest BCUT2D eigenvalue weighted by Gasteiger charge is 2.12. The molecule has 0 atom stereocenters. The number of anilines is 2. The first-order valence-corrected chi connectivity index (χ1v) is 5.55. The molecule has 2 heterocycles. The van der Waals surface area contributed by atoms with Crippen molar-refractivity contribution in [2.75, 3.05) is 19.5 Å². The maximum absolute atomic E-state index is 11.6. The zero-order valence-corrected chi connectivity index (χ0v) is 10.6. The molecule has 0 aliphatic carbocycles. The van der Waals surface area contributed by atoms with Gasteiger partial charge in [-0.2, -0.15) is 0 Å². The van der Waals surface area contributed by atoms with E-state index in [4.69, 9.17) is 9.47 Å². The lowest BCUT2D eigenvalue weighted by atomic mass is 10.2. The van der Waals surface area contributed by atoms with E-state index in [1.54, 1.807) is 43.8 Å². The number of aromatic nitrogens is 2. The van der Waals surface area contributed by atoms with Gasteiger partial charge in [-0.1, -0.05) is 0 Å². The average Bonchev–Trinajstić information content (AvgIpc) is 2.48. The first-order valence-electron chi connectivity index (χ1n) is 5.55. The molecule has 0 fully saturated rings. The zero-order chi connectivity index (χ0) is 13.7. The smallest absolute Gasteiger partial charge is 0.341 e. The van der Waals surface area contributed by atoms with E-state index in [1.807, 2.05) is 0 Å². The fourth-order valence-corrected chi connectivity index (χ4v) is 1.49. The van der Waals surface area contributed by atoms with Crippen molar-refractivity contribution in [2.24, 2.45) is 0 Å². The number of nitrogens with one attached hydrogen (secondary N) is 1. The van der Waals surface area contributed by atoms with Crippen molar-refractivity contribution in [3.63, 3.8) is 0 Å². The van der Waals surface area contributed by atoms with E-state index in [0.29, 0.717) is 22.9 Å². The van der Waals surface area contributed by atoms with Crippen LogP contribution in [0.3, 0.4) is 0 Å². The van der Waals surface area contributed by atoms with Crippen LogP contribution in [0.15, 0.2) is 36.7 Å². The lowest BCUT2D eigenvalue weighted by molar-refractivity contribution is 0.0601. The Bertz CT molecular complexity index is 570. The maximum Gasteiger partial charge on any atom is 0.341 e. The van der Waals surface area contributed by atoms with Gasteiger partial charge in [0.05, 0.1) is 26.1 Å². The van der Waals surface area contributed by atoms with Crippen LogP contribution in [0.4, 0.5) is 11.5 Å². The number of carbonyl (C=O) groups is 1. The molecule has 0 aliphatic heterocycles. The summed E-state index contributed by atoms with van der Waals surface area (Å²) in [6.45, 7) is 0. The van der Waals surface area contributed by atoms with Gasteiger partial charge in [0.1, 0.15) is 11.4 Å². The molecule has 0 amide bonds. The predicted octanol–water partition coefficient (Wildman–Crippen LogP) is 2.02. The van der Waals surface area contributed by atoms with Gasteiger partial charge in [0.25, 0.3) is 0 Å². The summed E-state index contributed by atoms with van der Waals surface area (Å²) in [7, 11) is 2.87. The van der Waals surface area contributed by atoms with Crippen molar-refractivity contribution >= 4 is 17.5 Å². The molecule has 0 bridgehead atoms. The average molecular weight is 259 g/mol. The number of rotatable bonds is 4. The van der Waals surface area contributed by atoms with Gasteiger partial charge in [0, 0.05) is 12.3 Å². The van der Waals surface area contributed by atoms with Crippen LogP contribution in [-0.2, 0) is 4.74 Å². The summed E-state index contributed by atoms with van der Waals surface area (Å²) in [6.07, 6.45) is 3.18. The fourth-order valence-electron chi connectivity index (χ4n) is 1.49. The van der Waals surface area contributed by atoms with Crippen LogP contribution in [-0.4, -0.2) is 30.2 Å². The van der Waals surface area contributed by atoms with Gasteiger partial charge in [-0.25, -0.2) is 14.8 Å². The van der Waals surface area contributed by atoms with Crippen LogP contribution < -0.4 is 10.1 Å². The van der Waals surface area contributed by atoms with Crippen LogP contribution >= 0.6 is 0 Å². The Morgan fingerprint density at radius 2 is 2.05 bits per heavy atom. The van der Waals surface area contributed by atoms with Gasteiger partial charge in [-0.15, -0.1) is 0 Å². The molecule has 0 aliphatic rings. The summed E-state index contributed by atoms with van der Waals surface area (Å²) >= 11 is 0. The first-order chi connectivity index (χ1) is 9.24. The molecule has 0 unspecified atom stereocenters. The third-order valence-electron chi connectivity index (χ3n) is 2.42. The van der Waals surface area contributed by atoms with Gasteiger partial charge in [-0.3, -0.25) is 0 Å². The standard InChI is InChI=1S/C13H13N3O3/c1-18-11-6-5-9(8-15-11)16-12-10(13(17)19-2)4-3-7-14-12/h3-8H,1-2H3,(H,14,16). The first kappa shape index (κ1) is 12.8. The molecule has 2 aromatic heterocycles. The second kappa shape index (κ2) is 5.81. The molecule has 0 saturated carbocycles. The molecule has 0 spiro atoms. The molecule has 19 heavy (non-hydrogen) atoms. The molecule has 0 radical (unpaired) electrons. The summed E-state index contributed by atoms with van der Waals surface area (Å²) < 4.78 is 9.67. The van der Waals surface area contributed by atoms with Gasteiger partial charge < -0.3 is 14.8 Å². The van der Waals surface area contributed by atoms with Crippen LogP contribution in [0.2, 0.25) is 0 Å². The second-order valence-corrected chi connectivity index (χ2v) is 3.61. The molecule has 2 rings (SSSR count). The number of nitrogens with zero attached hydrogens (tertiary/aromatic N) is 2. The third kappa shape index (κ3) is 2.98. The predicted molar refractivity (Wildman–Crippen MR) is 69.6 cm³/mol. The normalized spacial score (nSPS) is 9.79. The number of hydrogen-bond acceptors (Lipinski definition) is 6. The summed E-state index contributed by atoms with van der Waals surface area (Å²) in [5, 5.41) is 3.01. The van der Waals surface area contributed by atoms with Crippen molar-refractivity contribution in [3.05, 3.63) is 42.2 Å². The lowest BCUT2D eigenvalue weighted by Crippen LogP contribution is -2.07. The SMILES string of the molecule is COC(=O)c1cccnc1Nc1ccc(OC)nc1. The molecule has 98 valence electrons. The highest BCUT2D eigenvalue weighted by atomic mass is 16.5. The summed E-state index contributed by atoms with van der Waals surface area (Å²) in [4.78, 5) is 19.8. The highest BCUT2D eigenvalue weighted by Crippen LogP contribution is 2.19. The Labute approximate surface area is 110 Å². The van der Waals surface area contributed by atoms with Crippen molar-refractivity contribution in [1.29, 1.82) is 0 Å². The molecular formula is C13H13N3O3. The number of carbonyl (C=O) groups excluding carboxylic acids is 1. The van der Waals surface area contributed by atoms with Crippen molar-refractivity contribution in [3.8, 4) is 5.88 Å². The van der Waals surface area contributed by atoms with Crippen LogP contribution in [0.25, 0.3) is 0 Å². The quantitative estimate of drug-likeness (QED) is 0.847. The molecule has 1 N–H and O–H groups in total.